The molecule has 28 heavy (non-hydrogen) atoms. The van der Waals surface area contributed by atoms with E-state index in [2.05, 4.69) is 46.3 Å². The number of benzene rings is 1. The minimum atomic E-state index is -3.95. The van der Waals surface area contributed by atoms with Gasteiger partial charge in [-0.05, 0) is 12.1 Å². The van der Waals surface area contributed by atoms with Crippen LogP contribution in [0.3, 0.4) is 0 Å². The second kappa shape index (κ2) is 8.43. The molecule has 0 spiro atoms. The van der Waals surface area contributed by atoms with Crippen LogP contribution in [0.5, 0.6) is 0 Å². The zero-order chi connectivity index (χ0) is 20.3. The van der Waals surface area contributed by atoms with Crippen molar-refractivity contribution in [3.8, 4) is 11.4 Å². The van der Waals surface area contributed by atoms with Gasteiger partial charge in [0.25, 0.3) is 10.0 Å². The number of halogens is 1. The number of sulfonamides is 1. The van der Waals surface area contributed by atoms with E-state index in [0.29, 0.717) is 5.82 Å². The van der Waals surface area contributed by atoms with E-state index in [9.17, 15) is 13.2 Å². The molecule has 0 saturated carbocycles. The van der Waals surface area contributed by atoms with Crippen molar-refractivity contribution < 1.29 is 17.7 Å². The van der Waals surface area contributed by atoms with Crippen LogP contribution in [0.2, 0.25) is 0 Å². The van der Waals surface area contributed by atoms with E-state index in [1.54, 1.807) is 19.9 Å². The van der Waals surface area contributed by atoms with Crippen LogP contribution in [-0.2, 0) is 21.4 Å². The number of nitrogens with one attached hydrogen (secondary N) is 2. The molecule has 2 aromatic heterocycles. The molecule has 3 aromatic rings. The Morgan fingerprint density at radius 1 is 1.32 bits per heavy atom. The highest BCUT2D eigenvalue weighted by atomic mass is 79.9. The standard InChI is InChI=1S/C15H15BrN6O4S2/c1-8(2)13(23)19-14-20-21-15(27-14)28(24,25)17-7-11-18-12(22-26-11)9-4-3-5-10(16)6-9/h3-6,8,17H,7H2,1-2H3,(H,19,20,23). The summed E-state index contributed by atoms with van der Waals surface area (Å²) in [6.07, 6.45) is 0. The maximum Gasteiger partial charge on any atom is 0.270 e. The van der Waals surface area contributed by atoms with E-state index in [0.717, 1.165) is 21.4 Å². The maximum atomic E-state index is 12.3. The predicted molar refractivity (Wildman–Crippen MR) is 105 cm³/mol. The van der Waals surface area contributed by atoms with Gasteiger partial charge >= 0.3 is 0 Å². The van der Waals surface area contributed by atoms with Crippen molar-refractivity contribution in [1.82, 2.24) is 25.1 Å². The molecule has 0 atom stereocenters. The molecule has 0 unspecified atom stereocenters. The Bertz CT molecular complexity index is 1100. The van der Waals surface area contributed by atoms with E-state index in [4.69, 9.17) is 4.52 Å². The molecule has 1 aromatic carbocycles. The molecule has 13 heteroatoms. The Morgan fingerprint density at radius 3 is 2.82 bits per heavy atom. The van der Waals surface area contributed by atoms with Crippen molar-refractivity contribution in [2.45, 2.75) is 24.7 Å². The number of hydrogen-bond donors (Lipinski definition) is 2. The van der Waals surface area contributed by atoms with Gasteiger partial charge in [0.1, 0.15) is 0 Å². The van der Waals surface area contributed by atoms with Crippen LogP contribution in [-0.4, -0.2) is 34.7 Å². The molecule has 1 amide bonds. The highest BCUT2D eigenvalue weighted by molar-refractivity contribution is 9.10. The van der Waals surface area contributed by atoms with Crippen LogP contribution in [0.25, 0.3) is 11.4 Å². The molecule has 0 saturated heterocycles. The number of hydrogen-bond acceptors (Lipinski definition) is 9. The quantitative estimate of drug-likeness (QED) is 0.485. The topological polar surface area (TPSA) is 140 Å². The lowest BCUT2D eigenvalue weighted by Crippen LogP contribution is -2.23. The number of carbonyl (C=O) groups is 1. The Labute approximate surface area is 172 Å². The summed E-state index contributed by atoms with van der Waals surface area (Å²) in [7, 11) is -3.95. The average Bonchev–Trinajstić information content (AvgIpc) is 3.30. The van der Waals surface area contributed by atoms with Crippen molar-refractivity contribution >= 4 is 48.3 Å². The second-order valence-electron chi connectivity index (χ2n) is 5.86. The third kappa shape index (κ3) is 4.98. The Balaban J connectivity index is 1.66. The van der Waals surface area contributed by atoms with Crippen LogP contribution in [0.4, 0.5) is 5.13 Å². The molecule has 148 valence electrons. The lowest BCUT2D eigenvalue weighted by Gasteiger charge is -2.02. The highest BCUT2D eigenvalue weighted by Gasteiger charge is 2.22. The molecule has 2 N–H and O–H groups in total. The highest BCUT2D eigenvalue weighted by Crippen LogP contribution is 2.22. The van der Waals surface area contributed by atoms with Gasteiger partial charge in [0.2, 0.25) is 27.1 Å². The number of anilines is 1. The van der Waals surface area contributed by atoms with Gasteiger partial charge in [-0.2, -0.15) is 9.71 Å². The largest absolute Gasteiger partial charge is 0.338 e. The van der Waals surface area contributed by atoms with E-state index in [-0.39, 0.29) is 33.7 Å². The third-order valence-corrected chi connectivity index (χ3v) is 6.46. The smallest absolute Gasteiger partial charge is 0.270 e. The van der Waals surface area contributed by atoms with Gasteiger partial charge in [0, 0.05) is 16.0 Å². The van der Waals surface area contributed by atoms with Crippen molar-refractivity contribution in [2.75, 3.05) is 5.32 Å². The molecular weight excluding hydrogens is 472 g/mol. The summed E-state index contributed by atoms with van der Waals surface area (Å²) in [6.45, 7) is 3.21. The predicted octanol–water partition coefficient (Wildman–Crippen LogP) is 2.42. The van der Waals surface area contributed by atoms with Crippen LogP contribution < -0.4 is 10.0 Å². The normalized spacial score (nSPS) is 11.7. The van der Waals surface area contributed by atoms with Crippen molar-refractivity contribution in [1.29, 1.82) is 0 Å². The number of amides is 1. The van der Waals surface area contributed by atoms with E-state index >= 15 is 0 Å². The summed E-state index contributed by atoms with van der Waals surface area (Å²) < 4.78 is 32.7. The summed E-state index contributed by atoms with van der Waals surface area (Å²) in [5, 5.41) is 13.7. The summed E-state index contributed by atoms with van der Waals surface area (Å²) >= 11 is 4.11. The number of nitrogens with zero attached hydrogens (tertiary/aromatic N) is 4. The molecule has 10 nitrogen and oxygen atoms in total. The average molecular weight is 487 g/mol. The fourth-order valence-corrected chi connectivity index (χ4v) is 4.23. The van der Waals surface area contributed by atoms with Gasteiger partial charge in [-0.3, -0.25) is 4.79 Å². The van der Waals surface area contributed by atoms with Crippen molar-refractivity contribution in [3.63, 3.8) is 0 Å². The fourth-order valence-electron chi connectivity index (χ4n) is 1.91. The van der Waals surface area contributed by atoms with Crippen LogP contribution in [0.15, 0.2) is 37.6 Å². The fraction of sp³-hybridized carbons (Fsp3) is 0.267. The molecular formula is C15H15BrN6O4S2. The first-order valence-electron chi connectivity index (χ1n) is 7.97. The zero-order valence-corrected chi connectivity index (χ0v) is 17.9. The lowest BCUT2D eigenvalue weighted by molar-refractivity contribution is -0.118. The first kappa shape index (κ1) is 20.5. The molecule has 2 heterocycles. The molecule has 0 fully saturated rings. The third-order valence-electron chi connectivity index (χ3n) is 3.36. The molecule has 0 radical (unpaired) electrons. The number of rotatable bonds is 7. The summed E-state index contributed by atoms with van der Waals surface area (Å²) in [5.41, 5.74) is 0.724. The maximum absolute atomic E-state index is 12.3. The Morgan fingerprint density at radius 2 is 2.11 bits per heavy atom. The van der Waals surface area contributed by atoms with Gasteiger partial charge < -0.3 is 9.84 Å². The first-order chi connectivity index (χ1) is 13.2. The van der Waals surface area contributed by atoms with Gasteiger partial charge in [0.15, 0.2) is 0 Å². The number of carbonyl (C=O) groups excluding carboxylic acids is 1. The van der Waals surface area contributed by atoms with E-state index in [1.165, 1.54) is 0 Å². The summed E-state index contributed by atoms with van der Waals surface area (Å²) in [5.74, 6) is -0.112. The monoisotopic (exact) mass is 486 g/mol. The van der Waals surface area contributed by atoms with Gasteiger partial charge in [0.05, 0.1) is 6.54 Å². The van der Waals surface area contributed by atoms with Gasteiger partial charge in [-0.1, -0.05) is 58.4 Å². The Hall–Kier alpha value is -2.22. The zero-order valence-electron chi connectivity index (χ0n) is 14.7. The van der Waals surface area contributed by atoms with Crippen LogP contribution in [0, 0.1) is 5.92 Å². The van der Waals surface area contributed by atoms with Crippen molar-refractivity contribution in [3.05, 3.63) is 34.6 Å². The van der Waals surface area contributed by atoms with Crippen molar-refractivity contribution in [2.24, 2.45) is 5.92 Å². The van der Waals surface area contributed by atoms with Crippen LogP contribution >= 0.6 is 27.3 Å². The van der Waals surface area contributed by atoms with Gasteiger partial charge in [-0.15, -0.1) is 10.2 Å². The number of aromatic nitrogens is 4. The van der Waals surface area contributed by atoms with E-state index in [1.807, 2.05) is 18.2 Å². The molecule has 0 bridgehead atoms. The summed E-state index contributed by atoms with van der Waals surface area (Å²) in [4.78, 5) is 15.8. The second-order valence-corrected chi connectivity index (χ2v) is 9.70. The first-order valence-corrected chi connectivity index (χ1v) is 11.1. The summed E-state index contributed by atoms with van der Waals surface area (Å²) in [6, 6.07) is 7.30. The molecule has 3 rings (SSSR count). The minimum absolute atomic E-state index is 0.0939. The molecule has 0 aliphatic heterocycles. The van der Waals surface area contributed by atoms with Gasteiger partial charge in [-0.25, -0.2) is 8.42 Å². The molecule has 0 aliphatic rings. The van der Waals surface area contributed by atoms with E-state index < -0.39 is 10.0 Å². The lowest BCUT2D eigenvalue weighted by atomic mass is 10.2. The SMILES string of the molecule is CC(C)C(=O)Nc1nnc(S(=O)(=O)NCc2nc(-c3cccc(Br)c3)no2)s1. The van der Waals surface area contributed by atoms with Crippen LogP contribution in [0.1, 0.15) is 19.7 Å². The minimum Gasteiger partial charge on any atom is -0.338 e. The Kier molecular flexibility index (Phi) is 6.17. The molecule has 0 aliphatic carbocycles.